The molecule has 0 fully saturated rings. The third-order valence-corrected chi connectivity index (χ3v) is 4.09. The Morgan fingerprint density at radius 2 is 1.59 bits per heavy atom. The van der Waals surface area contributed by atoms with Crippen LogP contribution in [-0.2, 0) is 4.79 Å². The number of carbonyl (C=O) groups excluding carboxylic acids is 2. The number of rotatable bonds is 6. The zero-order valence-electron chi connectivity index (χ0n) is 15.1. The highest BCUT2D eigenvalue weighted by Crippen LogP contribution is 2.27. The maximum absolute atomic E-state index is 12.3. The van der Waals surface area contributed by atoms with Crippen molar-refractivity contribution in [2.24, 2.45) is 0 Å². The van der Waals surface area contributed by atoms with Crippen molar-refractivity contribution in [1.82, 2.24) is 5.32 Å². The van der Waals surface area contributed by atoms with Gasteiger partial charge in [-0.05, 0) is 41.1 Å². The van der Waals surface area contributed by atoms with Gasteiger partial charge in [0.1, 0.15) is 0 Å². The third-order valence-electron chi connectivity index (χ3n) is 4.09. The van der Waals surface area contributed by atoms with Gasteiger partial charge in [0.15, 0.2) is 11.5 Å². The molecule has 3 aromatic carbocycles. The Hall–Kier alpha value is -3.54. The molecule has 3 rings (SSSR count). The largest absolute Gasteiger partial charge is 0.493 e. The molecule has 138 valence electrons. The van der Waals surface area contributed by atoms with E-state index in [1.54, 1.807) is 18.2 Å². The topological polar surface area (TPSA) is 76.7 Å². The Morgan fingerprint density at radius 3 is 2.33 bits per heavy atom. The van der Waals surface area contributed by atoms with Crippen LogP contribution in [0.5, 0.6) is 11.5 Å². The molecule has 27 heavy (non-hydrogen) atoms. The van der Waals surface area contributed by atoms with Gasteiger partial charge >= 0.3 is 0 Å². The molecule has 6 nitrogen and oxygen atoms in total. The summed E-state index contributed by atoms with van der Waals surface area (Å²) in [6.07, 6.45) is 0. The summed E-state index contributed by atoms with van der Waals surface area (Å²) in [4.78, 5) is 24.4. The fraction of sp³-hybridized carbons (Fsp3) is 0.143. The first-order valence-electron chi connectivity index (χ1n) is 8.39. The highest BCUT2D eigenvalue weighted by molar-refractivity contribution is 6.00. The molecule has 0 aliphatic carbocycles. The zero-order valence-corrected chi connectivity index (χ0v) is 15.1. The lowest BCUT2D eigenvalue weighted by Gasteiger charge is -2.10. The minimum absolute atomic E-state index is 0.139. The molecule has 0 aromatic heterocycles. The minimum Gasteiger partial charge on any atom is -0.493 e. The van der Waals surface area contributed by atoms with E-state index in [1.165, 1.54) is 14.2 Å². The number of ether oxygens (including phenoxy) is 2. The zero-order chi connectivity index (χ0) is 19.2. The van der Waals surface area contributed by atoms with E-state index in [0.29, 0.717) is 22.7 Å². The summed E-state index contributed by atoms with van der Waals surface area (Å²) in [6, 6.07) is 18.4. The fourth-order valence-corrected chi connectivity index (χ4v) is 2.71. The van der Waals surface area contributed by atoms with E-state index >= 15 is 0 Å². The van der Waals surface area contributed by atoms with Gasteiger partial charge in [0.25, 0.3) is 5.91 Å². The Labute approximate surface area is 157 Å². The van der Waals surface area contributed by atoms with Gasteiger partial charge in [-0.2, -0.15) is 0 Å². The van der Waals surface area contributed by atoms with Crippen molar-refractivity contribution in [2.75, 3.05) is 26.1 Å². The van der Waals surface area contributed by atoms with E-state index in [1.807, 2.05) is 42.5 Å². The van der Waals surface area contributed by atoms with Crippen LogP contribution in [0.15, 0.2) is 60.7 Å². The highest BCUT2D eigenvalue weighted by Gasteiger charge is 2.12. The van der Waals surface area contributed by atoms with Gasteiger partial charge in [0.2, 0.25) is 5.91 Å². The lowest BCUT2D eigenvalue weighted by atomic mass is 10.1. The first-order chi connectivity index (χ1) is 13.1. The summed E-state index contributed by atoms with van der Waals surface area (Å²) in [5, 5.41) is 7.51. The molecular weight excluding hydrogens is 344 g/mol. The Kier molecular flexibility index (Phi) is 5.56. The van der Waals surface area contributed by atoms with Crippen LogP contribution in [0.25, 0.3) is 10.8 Å². The molecule has 0 aliphatic heterocycles. The van der Waals surface area contributed by atoms with E-state index < -0.39 is 0 Å². The molecule has 2 N–H and O–H groups in total. The molecule has 6 heteroatoms. The van der Waals surface area contributed by atoms with Gasteiger partial charge < -0.3 is 20.1 Å². The number of anilines is 1. The van der Waals surface area contributed by atoms with Crippen LogP contribution in [-0.4, -0.2) is 32.6 Å². The summed E-state index contributed by atoms with van der Waals surface area (Å²) in [5.74, 6) is 0.303. The maximum Gasteiger partial charge on any atom is 0.251 e. The second-order valence-electron chi connectivity index (χ2n) is 5.86. The molecule has 0 saturated heterocycles. The molecule has 0 spiro atoms. The van der Waals surface area contributed by atoms with Gasteiger partial charge in [-0.3, -0.25) is 9.59 Å². The van der Waals surface area contributed by atoms with Crippen LogP contribution in [0.1, 0.15) is 10.4 Å². The normalized spacial score (nSPS) is 10.3. The van der Waals surface area contributed by atoms with Crippen LogP contribution in [0.4, 0.5) is 5.69 Å². The molecule has 3 aromatic rings. The number of amides is 2. The predicted molar refractivity (Wildman–Crippen MR) is 104 cm³/mol. The number of carbonyl (C=O) groups is 2. The van der Waals surface area contributed by atoms with E-state index in [2.05, 4.69) is 10.6 Å². The van der Waals surface area contributed by atoms with Gasteiger partial charge in [-0.25, -0.2) is 0 Å². The SMILES string of the molecule is COc1ccc(C(=O)NCC(=O)Nc2ccc3ccccc3c2)cc1OC. The Bertz CT molecular complexity index is 985. The molecular formula is C21H20N2O4. The molecule has 2 amide bonds. The van der Waals surface area contributed by atoms with E-state index in [4.69, 9.17) is 9.47 Å². The van der Waals surface area contributed by atoms with Crippen LogP contribution < -0.4 is 20.1 Å². The molecule has 0 aliphatic rings. The number of hydrogen-bond acceptors (Lipinski definition) is 4. The van der Waals surface area contributed by atoms with E-state index in [-0.39, 0.29) is 18.4 Å². The van der Waals surface area contributed by atoms with Crippen molar-refractivity contribution in [1.29, 1.82) is 0 Å². The van der Waals surface area contributed by atoms with Crippen LogP contribution in [0.3, 0.4) is 0 Å². The maximum atomic E-state index is 12.3. The Morgan fingerprint density at radius 1 is 0.852 bits per heavy atom. The van der Waals surface area contributed by atoms with E-state index in [9.17, 15) is 9.59 Å². The third kappa shape index (κ3) is 4.36. The average molecular weight is 364 g/mol. The smallest absolute Gasteiger partial charge is 0.251 e. The first-order valence-corrected chi connectivity index (χ1v) is 8.39. The molecule has 0 bridgehead atoms. The lowest BCUT2D eigenvalue weighted by molar-refractivity contribution is -0.115. The van der Waals surface area contributed by atoms with Gasteiger partial charge in [-0.1, -0.05) is 30.3 Å². The summed E-state index contributed by atoms with van der Waals surface area (Å²) >= 11 is 0. The van der Waals surface area contributed by atoms with Crippen molar-refractivity contribution in [2.45, 2.75) is 0 Å². The standard InChI is InChI=1S/C21H20N2O4/c1-26-18-10-8-16(12-19(18)27-2)21(25)22-13-20(24)23-17-9-7-14-5-3-4-6-15(14)11-17/h3-12H,13H2,1-2H3,(H,22,25)(H,23,24). The molecule has 0 heterocycles. The molecule has 0 atom stereocenters. The number of methoxy groups -OCH3 is 2. The second-order valence-corrected chi connectivity index (χ2v) is 5.86. The first kappa shape index (κ1) is 18.3. The molecule has 0 saturated carbocycles. The van der Waals surface area contributed by atoms with Crippen LogP contribution in [0.2, 0.25) is 0 Å². The number of hydrogen-bond donors (Lipinski definition) is 2. The Balaban J connectivity index is 1.60. The van der Waals surface area contributed by atoms with Gasteiger partial charge in [-0.15, -0.1) is 0 Å². The molecule has 0 radical (unpaired) electrons. The lowest BCUT2D eigenvalue weighted by Crippen LogP contribution is -2.32. The second kappa shape index (κ2) is 8.23. The van der Waals surface area contributed by atoms with Gasteiger partial charge in [0, 0.05) is 11.3 Å². The monoisotopic (exact) mass is 364 g/mol. The summed E-state index contributed by atoms with van der Waals surface area (Å²) in [7, 11) is 3.02. The van der Waals surface area contributed by atoms with Crippen molar-refractivity contribution in [3.8, 4) is 11.5 Å². The van der Waals surface area contributed by atoms with Crippen LogP contribution >= 0.6 is 0 Å². The number of benzene rings is 3. The van der Waals surface area contributed by atoms with Crippen LogP contribution in [0, 0.1) is 0 Å². The van der Waals surface area contributed by atoms with E-state index in [0.717, 1.165) is 10.8 Å². The summed E-state index contributed by atoms with van der Waals surface area (Å²) in [5.41, 5.74) is 1.06. The molecule has 0 unspecified atom stereocenters. The fourth-order valence-electron chi connectivity index (χ4n) is 2.71. The van der Waals surface area contributed by atoms with Crippen molar-refractivity contribution in [3.63, 3.8) is 0 Å². The highest BCUT2D eigenvalue weighted by atomic mass is 16.5. The van der Waals surface area contributed by atoms with Crippen molar-refractivity contribution < 1.29 is 19.1 Å². The summed E-state index contributed by atoms with van der Waals surface area (Å²) in [6.45, 7) is -0.139. The summed E-state index contributed by atoms with van der Waals surface area (Å²) < 4.78 is 10.3. The minimum atomic E-state index is -0.371. The average Bonchev–Trinajstić information content (AvgIpc) is 2.71. The quantitative estimate of drug-likeness (QED) is 0.704. The van der Waals surface area contributed by atoms with Crippen molar-refractivity contribution >= 4 is 28.3 Å². The predicted octanol–water partition coefficient (Wildman–Crippen LogP) is 3.23. The van der Waals surface area contributed by atoms with Gasteiger partial charge in [0.05, 0.1) is 20.8 Å². The number of fused-ring (bicyclic) bond motifs is 1. The number of nitrogens with one attached hydrogen (secondary N) is 2. The van der Waals surface area contributed by atoms with Crippen molar-refractivity contribution in [3.05, 3.63) is 66.2 Å².